The lowest BCUT2D eigenvalue weighted by atomic mass is 10.1. The minimum Gasteiger partial charge on any atom is -0.497 e. The zero-order chi connectivity index (χ0) is 16.4. The minimum atomic E-state index is -0.724. The van der Waals surface area contributed by atoms with E-state index in [0.717, 1.165) is 17.7 Å². The molecule has 0 saturated heterocycles. The molecule has 0 aliphatic rings. The van der Waals surface area contributed by atoms with Gasteiger partial charge in [-0.15, -0.1) is 0 Å². The van der Waals surface area contributed by atoms with Gasteiger partial charge >= 0.3 is 0 Å². The van der Waals surface area contributed by atoms with Gasteiger partial charge in [0, 0.05) is 23.4 Å². The molecule has 1 aromatic heterocycles. The third-order valence-corrected chi connectivity index (χ3v) is 3.48. The van der Waals surface area contributed by atoms with Gasteiger partial charge in [-0.05, 0) is 36.4 Å². The Morgan fingerprint density at radius 3 is 2.48 bits per heavy atom. The molecule has 118 valence electrons. The van der Waals surface area contributed by atoms with Gasteiger partial charge in [-0.2, -0.15) is 5.10 Å². The SMILES string of the molecule is COc1ccc(-c2nn(-c3ccc(F)cc3F)cc2CO)cc1. The third kappa shape index (κ3) is 2.93. The molecule has 4 nitrogen and oxygen atoms in total. The van der Waals surface area contributed by atoms with Crippen LogP contribution in [-0.4, -0.2) is 22.0 Å². The normalized spacial score (nSPS) is 10.8. The fraction of sp³-hybridized carbons (Fsp3) is 0.118. The average Bonchev–Trinajstić information content (AvgIpc) is 2.99. The lowest BCUT2D eigenvalue weighted by Crippen LogP contribution is -1.99. The van der Waals surface area contributed by atoms with Gasteiger partial charge in [-0.3, -0.25) is 0 Å². The van der Waals surface area contributed by atoms with E-state index in [9.17, 15) is 13.9 Å². The molecule has 6 heteroatoms. The molecule has 0 fully saturated rings. The summed E-state index contributed by atoms with van der Waals surface area (Å²) in [4.78, 5) is 0. The fourth-order valence-corrected chi connectivity index (χ4v) is 2.31. The molecule has 0 amide bonds. The largest absolute Gasteiger partial charge is 0.497 e. The summed E-state index contributed by atoms with van der Waals surface area (Å²) in [5.41, 5.74) is 1.94. The quantitative estimate of drug-likeness (QED) is 0.803. The van der Waals surface area contributed by atoms with Gasteiger partial charge in [0.25, 0.3) is 0 Å². The average molecular weight is 316 g/mol. The Morgan fingerprint density at radius 2 is 1.87 bits per heavy atom. The van der Waals surface area contributed by atoms with E-state index in [1.807, 2.05) is 0 Å². The fourth-order valence-electron chi connectivity index (χ4n) is 2.31. The van der Waals surface area contributed by atoms with Crippen molar-refractivity contribution in [1.29, 1.82) is 0 Å². The van der Waals surface area contributed by atoms with Crippen LogP contribution in [0.4, 0.5) is 8.78 Å². The first-order valence-electron chi connectivity index (χ1n) is 6.91. The van der Waals surface area contributed by atoms with Gasteiger partial charge in [0.2, 0.25) is 0 Å². The summed E-state index contributed by atoms with van der Waals surface area (Å²) in [7, 11) is 1.57. The monoisotopic (exact) mass is 316 g/mol. The van der Waals surface area contributed by atoms with Crippen LogP contribution >= 0.6 is 0 Å². The van der Waals surface area contributed by atoms with Crippen molar-refractivity contribution in [3.63, 3.8) is 0 Å². The molecule has 0 aliphatic carbocycles. The third-order valence-electron chi connectivity index (χ3n) is 3.48. The van der Waals surface area contributed by atoms with Crippen LogP contribution in [0.15, 0.2) is 48.7 Å². The summed E-state index contributed by atoms with van der Waals surface area (Å²) in [6, 6.07) is 10.4. The lowest BCUT2D eigenvalue weighted by Gasteiger charge is -2.03. The van der Waals surface area contributed by atoms with Crippen LogP contribution in [0.5, 0.6) is 5.75 Å². The Labute approximate surface area is 131 Å². The number of rotatable bonds is 4. The molecule has 0 spiro atoms. The van der Waals surface area contributed by atoms with E-state index in [0.29, 0.717) is 17.0 Å². The number of ether oxygens (including phenoxy) is 1. The summed E-state index contributed by atoms with van der Waals surface area (Å²) in [6.07, 6.45) is 1.52. The maximum atomic E-state index is 13.9. The molecule has 0 atom stereocenters. The molecular weight excluding hydrogens is 302 g/mol. The van der Waals surface area contributed by atoms with Crippen molar-refractivity contribution in [1.82, 2.24) is 9.78 Å². The topological polar surface area (TPSA) is 47.3 Å². The molecule has 0 aliphatic heterocycles. The number of aliphatic hydroxyl groups excluding tert-OH is 1. The minimum absolute atomic E-state index is 0.112. The summed E-state index contributed by atoms with van der Waals surface area (Å²) < 4.78 is 33.3. The molecule has 3 aromatic rings. The highest BCUT2D eigenvalue weighted by Gasteiger charge is 2.14. The number of nitrogens with zero attached hydrogens (tertiary/aromatic N) is 2. The first kappa shape index (κ1) is 15.2. The van der Waals surface area contributed by atoms with E-state index in [1.165, 1.54) is 16.9 Å². The van der Waals surface area contributed by atoms with Crippen LogP contribution in [0, 0.1) is 11.6 Å². The molecule has 23 heavy (non-hydrogen) atoms. The van der Waals surface area contributed by atoms with Crippen LogP contribution in [0.3, 0.4) is 0 Å². The van der Waals surface area contributed by atoms with Gasteiger partial charge in [-0.25, -0.2) is 13.5 Å². The Kier molecular flexibility index (Phi) is 4.08. The van der Waals surface area contributed by atoms with Crippen molar-refractivity contribution in [3.8, 4) is 22.7 Å². The van der Waals surface area contributed by atoms with E-state index in [-0.39, 0.29) is 12.3 Å². The number of hydrogen-bond acceptors (Lipinski definition) is 3. The molecule has 1 N–H and O–H groups in total. The first-order valence-corrected chi connectivity index (χ1v) is 6.91. The van der Waals surface area contributed by atoms with E-state index in [4.69, 9.17) is 4.74 Å². The second kappa shape index (κ2) is 6.18. The number of aromatic nitrogens is 2. The molecule has 0 bridgehead atoms. The lowest BCUT2D eigenvalue weighted by molar-refractivity contribution is 0.282. The molecule has 1 heterocycles. The number of halogens is 2. The van der Waals surface area contributed by atoms with Gasteiger partial charge in [0.15, 0.2) is 5.82 Å². The molecule has 0 saturated carbocycles. The molecule has 0 radical (unpaired) electrons. The standard InChI is InChI=1S/C17H14F2N2O2/c1-23-14-5-2-11(3-6-14)17-12(10-22)9-21(20-17)16-7-4-13(18)8-15(16)19/h2-9,22H,10H2,1H3. The summed E-state index contributed by atoms with van der Waals surface area (Å²) in [5, 5.41) is 13.8. The zero-order valence-corrected chi connectivity index (χ0v) is 12.3. The van der Waals surface area contributed by atoms with Crippen LogP contribution in [0.25, 0.3) is 16.9 Å². The van der Waals surface area contributed by atoms with E-state index < -0.39 is 11.6 Å². The van der Waals surface area contributed by atoms with Crippen molar-refractivity contribution < 1.29 is 18.6 Å². The maximum Gasteiger partial charge on any atom is 0.151 e. The van der Waals surface area contributed by atoms with Crippen molar-refractivity contribution >= 4 is 0 Å². The number of methoxy groups -OCH3 is 1. The Balaban J connectivity index is 2.06. The van der Waals surface area contributed by atoms with E-state index >= 15 is 0 Å². The van der Waals surface area contributed by atoms with E-state index in [1.54, 1.807) is 31.4 Å². The highest BCUT2D eigenvalue weighted by atomic mass is 19.1. The molecule has 2 aromatic carbocycles. The zero-order valence-electron chi connectivity index (χ0n) is 12.3. The Hall–Kier alpha value is -2.73. The van der Waals surface area contributed by atoms with Crippen molar-refractivity contribution in [2.24, 2.45) is 0 Å². The summed E-state index contributed by atoms with van der Waals surface area (Å²) in [5.74, 6) is -0.683. The number of aliphatic hydroxyl groups is 1. The second-order valence-electron chi connectivity index (χ2n) is 4.93. The van der Waals surface area contributed by atoms with Crippen LogP contribution < -0.4 is 4.74 Å². The Morgan fingerprint density at radius 1 is 1.13 bits per heavy atom. The highest BCUT2D eigenvalue weighted by Crippen LogP contribution is 2.26. The van der Waals surface area contributed by atoms with Gasteiger partial charge < -0.3 is 9.84 Å². The van der Waals surface area contributed by atoms with Crippen LogP contribution in [0.2, 0.25) is 0 Å². The van der Waals surface area contributed by atoms with Crippen LogP contribution in [-0.2, 0) is 6.61 Å². The first-order chi connectivity index (χ1) is 11.1. The maximum absolute atomic E-state index is 13.9. The van der Waals surface area contributed by atoms with Gasteiger partial charge in [-0.1, -0.05) is 0 Å². The van der Waals surface area contributed by atoms with Crippen LogP contribution in [0.1, 0.15) is 5.56 Å². The number of hydrogen-bond donors (Lipinski definition) is 1. The summed E-state index contributed by atoms with van der Waals surface area (Å²) >= 11 is 0. The molecule has 3 rings (SSSR count). The smallest absolute Gasteiger partial charge is 0.151 e. The predicted molar refractivity (Wildman–Crippen MR) is 81.4 cm³/mol. The highest BCUT2D eigenvalue weighted by molar-refractivity contribution is 5.64. The van der Waals surface area contributed by atoms with Gasteiger partial charge in [0.05, 0.1) is 19.4 Å². The molecule has 0 unspecified atom stereocenters. The Bertz CT molecular complexity index is 829. The summed E-state index contributed by atoms with van der Waals surface area (Å²) in [6.45, 7) is -0.246. The van der Waals surface area contributed by atoms with Gasteiger partial charge in [0.1, 0.15) is 17.3 Å². The number of benzene rings is 2. The van der Waals surface area contributed by atoms with E-state index in [2.05, 4.69) is 5.10 Å². The predicted octanol–water partition coefficient (Wildman–Crippen LogP) is 3.32. The molecular formula is C17H14F2N2O2. The van der Waals surface area contributed by atoms with Crippen molar-refractivity contribution in [2.45, 2.75) is 6.61 Å². The van der Waals surface area contributed by atoms with Crippen molar-refractivity contribution in [3.05, 3.63) is 65.9 Å². The second-order valence-corrected chi connectivity index (χ2v) is 4.93. The van der Waals surface area contributed by atoms with Crippen molar-refractivity contribution in [2.75, 3.05) is 7.11 Å².